The fraction of sp³-hybridized carbons (Fsp3) is 0.417. The smallest absolute Gasteiger partial charge is 0.0641 e. The number of benzene rings is 1. The third kappa shape index (κ3) is 2.81. The summed E-state index contributed by atoms with van der Waals surface area (Å²) in [6, 6.07) is 9.97. The number of hydrogen-bond donors (Lipinski definition) is 1. The van der Waals surface area contributed by atoms with Crippen molar-refractivity contribution in [2.24, 2.45) is 16.4 Å². The lowest BCUT2D eigenvalue weighted by Crippen LogP contribution is -2.38. The lowest BCUT2D eigenvalue weighted by molar-refractivity contribution is 0.235. The maximum atomic E-state index is 10.5. The Morgan fingerprint density at radius 1 is 1.35 bits per heavy atom. The summed E-state index contributed by atoms with van der Waals surface area (Å²) in [4.78, 5) is 10.5. The van der Waals surface area contributed by atoms with Crippen LogP contribution < -0.4 is 0 Å². The Kier molecular flexibility index (Phi) is 3.69. The summed E-state index contributed by atoms with van der Waals surface area (Å²) in [5.41, 5.74) is 1.93. The number of nitroso groups, excluding NO2 is 1. The van der Waals surface area contributed by atoms with E-state index in [9.17, 15) is 4.91 Å². The Labute approximate surface area is 99.7 Å². The minimum absolute atomic E-state index is 0.0637. The molecule has 1 atom stereocenters. The zero-order valence-electron chi connectivity index (χ0n) is 9.49. The molecule has 1 unspecified atom stereocenters. The molecule has 1 fully saturated rings. The Bertz CT molecular complexity index is 405. The van der Waals surface area contributed by atoms with Gasteiger partial charge in [0.1, 0.15) is 0 Å². The van der Waals surface area contributed by atoms with Gasteiger partial charge in [0.15, 0.2) is 0 Å². The summed E-state index contributed by atoms with van der Waals surface area (Å²) in [6.45, 7) is 1.06. The summed E-state index contributed by atoms with van der Waals surface area (Å²) in [5.74, 6) is 0.0637. The number of nitrogens with zero attached hydrogens (tertiary/aromatic N) is 3. The predicted molar refractivity (Wildman–Crippen MR) is 64.8 cm³/mol. The molecule has 0 aromatic heterocycles. The first kappa shape index (κ1) is 11.6. The third-order valence-electron chi connectivity index (χ3n) is 3.10. The predicted octanol–water partition coefficient (Wildman–Crippen LogP) is 2.06. The topological polar surface area (TPSA) is 65.3 Å². The summed E-state index contributed by atoms with van der Waals surface area (Å²) in [5, 5.41) is 16.7. The highest BCUT2D eigenvalue weighted by atomic mass is 16.4. The molecular weight excluding hydrogens is 218 g/mol. The van der Waals surface area contributed by atoms with E-state index in [2.05, 4.69) is 10.4 Å². The third-order valence-corrected chi connectivity index (χ3v) is 3.10. The molecule has 1 N–H and O–H groups in total. The molecule has 1 saturated heterocycles. The Morgan fingerprint density at radius 2 is 2.12 bits per heavy atom. The van der Waals surface area contributed by atoms with Crippen molar-refractivity contribution in [1.29, 1.82) is 0 Å². The first-order chi connectivity index (χ1) is 8.33. The maximum absolute atomic E-state index is 10.5. The number of oxime groups is 1. The van der Waals surface area contributed by atoms with Crippen molar-refractivity contribution in [3.63, 3.8) is 0 Å². The molecule has 2 rings (SSSR count). The van der Waals surface area contributed by atoms with Crippen molar-refractivity contribution >= 4 is 5.71 Å². The summed E-state index contributed by atoms with van der Waals surface area (Å²) < 4.78 is 0. The molecular formula is C12H15N3O2. The molecule has 0 radical (unpaired) electrons. The normalized spacial score (nSPS) is 22.7. The van der Waals surface area contributed by atoms with Crippen LogP contribution in [0.1, 0.15) is 12.0 Å². The van der Waals surface area contributed by atoms with Gasteiger partial charge in [0.2, 0.25) is 0 Å². The highest BCUT2D eigenvalue weighted by Crippen LogP contribution is 2.19. The van der Waals surface area contributed by atoms with Crippen LogP contribution in [-0.4, -0.2) is 29.0 Å². The average Bonchev–Trinajstić information content (AvgIpc) is 2.40. The molecule has 5 nitrogen and oxygen atoms in total. The van der Waals surface area contributed by atoms with Crippen molar-refractivity contribution in [2.45, 2.75) is 12.8 Å². The Balaban J connectivity index is 2.08. The standard InChI is InChI=1S/C12H15N3O2/c16-13-12-6-7-15(14-17)9-11(12)8-10-4-2-1-3-5-10/h1-5,11,16H,6-9H2. The average molecular weight is 233 g/mol. The molecule has 0 aliphatic carbocycles. The van der Waals surface area contributed by atoms with Crippen LogP contribution >= 0.6 is 0 Å². The second-order valence-electron chi connectivity index (χ2n) is 4.22. The zero-order chi connectivity index (χ0) is 12.1. The van der Waals surface area contributed by atoms with Gasteiger partial charge in [0.05, 0.1) is 11.0 Å². The van der Waals surface area contributed by atoms with E-state index in [1.54, 1.807) is 0 Å². The van der Waals surface area contributed by atoms with E-state index in [4.69, 9.17) is 5.21 Å². The van der Waals surface area contributed by atoms with Crippen LogP contribution in [0.3, 0.4) is 0 Å². The van der Waals surface area contributed by atoms with Crippen LogP contribution in [-0.2, 0) is 6.42 Å². The molecule has 1 aromatic carbocycles. The van der Waals surface area contributed by atoms with Crippen molar-refractivity contribution in [2.75, 3.05) is 13.1 Å². The molecule has 1 aliphatic rings. The minimum atomic E-state index is 0.0637. The highest BCUT2D eigenvalue weighted by molar-refractivity contribution is 5.87. The van der Waals surface area contributed by atoms with E-state index >= 15 is 0 Å². The van der Waals surface area contributed by atoms with Gasteiger partial charge < -0.3 is 5.21 Å². The summed E-state index contributed by atoms with van der Waals surface area (Å²) in [7, 11) is 0. The summed E-state index contributed by atoms with van der Waals surface area (Å²) >= 11 is 0. The fourth-order valence-corrected chi connectivity index (χ4v) is 2.19. The van der Waals surface area contributed by atoms with Crippen LogP contribution in [0.25, 0.3) is 0 Å². The molecule has 17 heavy (non-hydrogen) atoms. The van der Waals surface area contributed by atoms with Crippen LogP contribution in [0.4, 0.5) is 0 Å². The molecule has 90 valence electrons. The van der Waals surface area contributed by atoms with E-state index in [0.717, 1.165) is 12.1 Å². The van der Waals surface area contributed by atoms with Gasteiger partial charge in [-0.3, -0.25) is 5.01 Å². The van der Waals surface area contributed by atoms with Crippen LogP contribution in [0.15, 0.2) is 40.8 Å². The first-order valence-corrected chi connectivity index (χ1v) is 5.66. The van der Waals surface area contributed by atoms with E-state index in [0.29, 0.717) is 19.5 Å². The monoisotopic (exact) mass is 233 g/mol. The second kappa shape index (κ2) is 5.43. The quantitative estimate of drug-likeness (QED) is 0.493. The van der Waals surface area contributed by atoms with E-state index in [1.807, 2.05) is 30.3 Å². The molecule has 1 aromatic rings. The largest absolute Gasteiger partial charge is 0.411 e. The number of piperidine rings is 1. The molecule has 0 spiro atoms. The van der Waals surface area contributed by atoms with Gasteiger partial charge in [-0.05, 0) is 12.0 Å². The van der Waals surface area contributed by atoms with Gasteiger partial charge in [-0.1, -0.05) is 35.5 Å². The van der Waals surface area contributed by atoms with E-state index < -0.39 is 0 Å². The second-order valence-corrected chi connectivity index (χ2v) is 4.22. The molecule has 0 amide bonds. The molecule has 1 aliphatic heterocycles. The van der Waals surface area contributed by atoms with Crippen molar-refractivity contribution < 1.29 is 5.21 Å². The first-order valence-electron chi connectivity index (χ1n) is 5.66. The number of rotatable bonds is 3. The van der Waals surface area contributed by atoms with Gasteiger partial charge in [-0.15, -0.1) is 4.91 Å². The van der Waals surface area contributed by atoms with E-state index in [-0.39, 0.29) is 5.92 Å². The zero-order valence-corrected chi connectivity index (χ0v) is 9.49. The molecule has 1 heterocycles. The molecule has 5 heteroatoms. The van der Waals surface area contributed by atoms with Crippen molar-refractivity contribution in [1.82, 2.24) is 5.01 Å². The Hall–Kier alpha value is -1.91. The van der Waals surface area contributed by atoms with Crippen LogP contribution in [0, 0.1) is 10.8 Å². The summed E-state index contributed by atoms with van der Waals surface area (Å²) in [6.07, 6.45) is 1.37. The molecule has 0 saturated carbocycles. The lowest BCUT2D eigenvalue weighted by Gasteiger charge is -2.29. The van der Waals surface area contributed by atoms with Crippen molar-refractivity contribution in [3.05, 3.63) is 40.8 Å². The van der Waals surface area contributed by atoms with Crippen LogP contribution in [0.5, 0.6) is 0 Å². The number of hydrogen-bond acceptors (Lipinski definition) is 4. The Morgan fingerprint density at radius 3 is 2.76 bits per heavy atom. The fourth-order valence-electron chi connectivity index (χ4n) is 2.19. The SMILES string of the molecule is O=NN1CCC(=NO)C(Cc2ccccc2)C1. The van der Waals surface area contributed by atoms with Gasteiger partial charge in [-0.2, -0.15) is 0 Å². The van der Waals surface area contributed by atoms with Crippen LogP contribution in [0.2, 0.25) is 0 Å². The lowest BCUT2D eigenvalue weighted by atomic mass is 9.90. The van der Waals surface area contributed by atoms with Gasteiger partial charge in [0, 0.05) is 25.4 Å². The molecule has 0 bridgehead atoms. The van der Waals surface area contributed by atoms with Crippen molar-refractivity contribution in [3.8, 4) is 0 Å². The highest BCUT2D eigenvalue weighted by Gasteiger charge is 2.26. The maximum Gasteiger partial charge on any atom is 0.0641 e. The van der Waals surface area contributed by atoms with E-state index in [1.165, 1.54) is 10.6 Å². The minimum Gasteiger partial charge on any atom is -0.411 e. The van der Waals surface area contributed by atoms with Gasteiger partial charge in [0.25, 0.3) is 0 Å². The van der Waals surface area contributed by atoms with Gasteiger partial charge in [-0.25, -0.2) is 0 Å². The van der Waals surface area contributed by atoms with Gasteiger partial charge >= 0.3 is 0 Å².